The van der Waals surface area contributed by atoms with Gasteiger partial charge in [-0.3, -0.25) is 14.4 Å². The summed E-state index contributed by atoms with van der Waals surface area (Å²) in [5.41, 5.74) is 17.7. The number of carbonyl (C=O) groups excluding carboxylic acids is 2. The number of hydrogen-bond donors (Lipinski definition) is 6. The van der Waals surface area contributed by atoms with Gasteiger partial charge in [-0.05, 0) is 87.2 Å². The molecule has 42 heavy (non-hydrogen) atoms. The minimum Gasteiger partial charge on any atom is -0.497 e. The molecule has 1 saturated carbocycles. The van der Waals surface area contributed by atoms with Gasteiger partial charge in [0.25, 0.3) is 0 Å². The topological polar surface area (TPSA) is 208 Å². The molecule has 0 bridgehead atoms. The van der Waals surface area contributed by atoms with Crippen molar-refractivity contribution in [3.63, 3.8) is 0 Å². The van der Waals surface area contributed by atoms with Crippen molar-refractivity contribution in [3.05, 3.63) is 59.7 Å². The Balaban J connectivity index is 0.000000548. The molecule has 11 nitrogen and oxygen atoms in total. The van der Waals surface area contributed by atoms with E-state index >= 15 is 0 Å². The SMILES string of the molecule is CCCC(=O)Nc1ccc(C=O)cc1.COc1ccc(C(=O)O)cc1.NC1CCCCC1.NCCCC[C@H](N)C(=O)O. The fourth-order valence-electron chi connectivity index (χ4n) is 3.60. The maximum absolute atomic E-state index is 11.2. The molecule has 3 rings (SSSR count). The van der Waals surface area contributed by atoms with Crippen LogP contribution in [-0.2, 0) is 9.59 Å². The number of amides is 1. The molecular weight excluding hydrogens is 540 g/mol. The van der Waals surface area contributed by atoms with Crippen LogP contribution in [0.2, 0.25) is 0 Å². The van der Waals surface area contributed by atoms with Gasteiger partial charge in [-0.2, -0.15) is 0 Å². The van der Waals surface area contributed by atoms with E-state index in [0.29, 0.717) is 36.7 Å². The van der Waals surface area contributed by atoms with E-state index in [9.17, 15) is 19.2 Å². The predicted octanol–water partition coefficient (Wildman–Crippen LogP) is 4.44. The molecule has 0 spiro atoms. The molecule has 0 aromatic heterocycles. The maximum Gasteiger partial charge on any atom is 0.335 e. The van der Waals surface area contributed by atoms with Crippen LogP contribution in [0.1, 0.15) is 91.8 Å². The zero-order valence-electron chi connectivity index (χ0n) is 24.8. The molecule has 0 saturated heterocycles. The van der Waals surface area contributed by atoms with Crippen molar-refractivity contribution in [2.75, 3.05) is 19.0 Å². The number of unbranched alkanes of at least 4 members (excludes halogenated alkanes) is 1. The molecular formula is C31H48N4O7. The van der Waals surface area contributed by atoms with Crippen molar-refractivity contribution in [2.24, 2.45) is 17.2 Å². The molecule has 0 aliphatic heterocycles. The van der Waals surface area contributed by atoms with Crippen LogP contribution in [0.5, 0.6) is 5.75 Å². The van der Waals surface area contributed by atoms with E-state index in [1.807, 2.05) is 6.92 Å². The van der Waals surface area contributed by atoms with Gasteiger partial charge < -0.3 is 37.5 Å². The number of aromatic carboxylic acids is 1. The Hall–Kier alpha value is -3.80. The van der Waals surface area contributed by atoms with Crippen LogP contribution in [-0.4, -0.2) is 60.1 Å². The van der Waals surface area contributed by atoms with Crippen LogP contribution in [0.4, 0.5) is 5.69 Å². The van der Waals surface area contributed by atoms with Gasteiger partial charge in [0.1, 0.15) is 18.1 Å². The van der Waals surface area contributed by atoms with E-state index in [-0.39, 0.29) is 11.5 Å². The maximum atomic E-state index is 11.2. The van der Waals surface area contributed by atoms with Gasteiger partial charge in [0.05, 0.1) is 12.7 Å². The molecule has 9 N–H and O–H groups in total. The number of methoxy groups -OCH3 is 1. The van der Waals surface area contributed by atoms with Gasteiger partial charge >= 0.3 is 11.9 Å². The number of hydrogen-bond acceptors (Lipinski definition) is 8. The van der Waals surface area contributed by atoms with E-state index in [0.717, 1.165) is 31.2 Å². The minimum atomic E-state index is -0.933. The second-order valence-corrected chi connectivity index (χ2v) is 9.70. The molecule has 0 unspecified atom stereocenters. The van der Waals surface area contributed by atoms with Crippen molar-refractivity contribution in [3.8, 4) is 5.75 Å². The summed E-state index contributed by atoms with van der Waals surface area (Å²) in [7, 11) is 1.54. The summed E-state index contributed by atoms with van der Waals surface area (Å²) < 4.78 is 4.86. The summed E-state index contributed by atoms with van der Waals surface area (Å²) >= 11 is 0. The molecule has 1 atom stereocenters. The van der Waals surface area contributed by atoms with Gasteiger partial charge in [-0.15, -0.1) is 0 Å². The molecule has 11 heteroatoms. The van der Waals surface area contributed by atoms with Crippen molar-refractivity contribution >= 4 is 29.8 Å². The number of nitrogens with two attached hydrogens (primary N) is 3. The molecule has 2 aromatic rings. The van der Waals surface area contributed by atoms with Crippen molar-refractivity contribution in [1.29, 1.82) is 0 Å². The zero-order valence-corrected chi connectivity index (χ0v) is 24.8. The second-order valence-electron chi connectivity index (χ2n) is 9.70. The number of aliphatic carboxylic acids is 1. The Morgan fingerprint density at radius 3 is 2.00 bits per heavy atom. The molecule has 1 aliphatic rings. The lowest BCUT2D eigenvalue weighted by Gasteiger charge is -2.15. The summed E-state index contributed by atoms with van der Waals surface area (Å²) in [6.07, 6.45) is 11.0. The van der Waals surface area contributed by atoms with Gasteiger partial charge in [0.15, 0.2) is 0 Å². The van der Waals surface area contributed by atoms with E-state index in [4.69, 9.17) is 32.2 Å². The molecule has 0 heterocycles. The highest BCUT2D eigenvalue weighted by atomic mass is 16.5. The normalized spacial score (nSPS) is 12.9. The molecule has 2 aromatic carbocycles. The number of anilines is 1. The largest absolute Gasteiger partial charge is 0.497 e. The minimum absolute atomic E-state index is 0.00588. The zero-order chi connectivity index (χ0) is 31.8. The molecule has 1 fully saturated rings. The molecule has 234 valence electrons. The van der Waals surface area contributed by atoms with Crippen molar-refractivity contribution < 1.29 is 34.1 Å². The number of aldehydes is 1. The standard InChI is InChI=1S/C11H13NO2.C8H8O3.C6H14N2O2.C6H13N/c1-2-3-11(14)12-10-6-4-9(8-13)5-7-10;1-11-7-4-2-6(3-5-7)8(9)10;7-4-2-1-3-5(8)6(9)10;7-6-4-2-1-3-5-6/h4-8H,2-3H2,1H3,(H,12,14);2-5H,1H3,(H,9,10);5H,1-4,7-8H2,(H,9,10);6H,1-5,7H2/t;;5-;/m..0./s1. The molecule has 1 aliphatic carbocycles. The summed E-state index contributed by atoms with van der Waals surface area (Å²) in [5.74, 6) is -1.19. The second kappa shape index (κ2) is 23.9. The number of rotatable bonds is 11. The first-order valence-electron chi connectivity index (χ1n) is 14.2. The lowest BCUT2D eigenvalue weighted by molar-refractivity contribution is -0.138. The third-order valence-electron chi connectivity index (χ3n) is 6.08. The highest BCUT2D eigenvalue weighted by Gasteiger charge is 2.09. The Bertz CT molecular complexity index is 1020. The van der Waals surface area contributed by atoms with Crippen LogP contribution < -0.4 is 27.3 Å². The number of benzene rings is 2. The number of nitrogens with one attached hydrogen (secondary N) is 1. The summed E-state index contributed by atoms with van der Waals surface area (Å²) in [6, 6.07) is 12.8. The first-order valence-corrected chi connectivity index (χ1v) is 14.2. The first-order chi connectivity index (χ1) is 20.1. The average Bonchev–Trinajstić information content (AvgIpc) is 2.99. The summed E-state index contributed by atoms with van der Waals surface area (Å²) in [4.78, 5) is 42.0. The Morgan fingerprint density at radius 1 is 1.00 bits per heavy atom. The number of carboxylic acids is 2. The van der Waals surface area contributed by atoms with E-state index < -0.39 is 18.0 Å². The first kappa shape index (κ1) is 38.2. The fraction of sp³-hybridized carbons (Fsp3) is 0.484. The monoisotopic (exact) mass is 588 g/mol. The average molecular weight is 589 g/mol. The number of carboxylic acid groups (broad SMARTS) is 2. The van der Waals surface area contributed by atoms with Crippen molar-refractivity contribution in [2.45, 2.75) is 83.2 Å². The summed E-state index contributed by atoms with van der Waals surface area (Å²) in [5, 5.41) is 19.6. The Morgan fingerprint density at radius 2 is 1.60 bits per heavy atom. The van der Waals surface area contributed by atoms with Crippen molar-refractivity contribution in [1.82, 2.24) is 0 Å². The Kier molecular flexibility index (Phi) is 21.7. The van der Waals surface area contributed by atoms with E-state index in [1.165, 1.54) is 51.3 Å². The molecule has 1 amide bonds. The highest BCUT2D eigenvalue weighted by molar-refractivity contribution is 5.91. The fourth-order valence-corrected chi connectivity index (χ4v) is 3.60. The van der Waals surface area contributed by atoms with E-state index in [2.05, 4.69) is 5.32 Å². The third kappa shape index (κ3) is 19.3. The smallest absolute Gasteiger partial charge is 0.335 e. The summed E-state index contributed by atoms with van der Waals surface area (Å²) in [6.45, 7) is 2.56. The quantitative estimate of drug-likeness (QED) is 0.161. The predicted molar refractivity (Wildman–Crippen MR) is 165 cm³/mol. The van der Waals surface area contributed by atoms with Gasteiger partial charge in [-0.25, -0.2) is 4.79 Å². The van der Waals surface area contributed by atoms with Crippen LogP contribution in [0.3, 0.4) is 0 Å². The number of ether oxygens (including phenoxy) is 1. The van der Waals surface area contributed by atoms with E-state index in [1.54, 1.807) is 36.4 Å². The van der Waals surface area contributed by atoms with Gasteiger partial charge in [-0.1, -0.05) is 32.6 Å². The van der Waals surface area contributed by atoms with Crippen LogP contribution >= 0.6 is 0 Å². The third-order valence-corrected chi connectivity index (χ3v) is 6.08. The highest BCUT2D eigenvalue weighted by Crippen LogP contribution is 2.15. The number of carbonyl (C=O) groups is 4. The van der Waals surface area contributed by atoms with Crippen LogP contribution in [0.15, 0.2) is 48.5 Å². The molecule has 0 radical (unpaired) electrons. The van der Waals surface area contributed by atoms with Crippen LogP contribution in [0.25, 0.3) is 0 Å². The lowest BCUT2D eigenvalue weighted by Crippen LogP contribution is -2.29. The Labute approximate surface area is 248 Å². The van der Waals surface area contributed by atoms with Gasteiger partial charge in [0, 0.05) is 23.7 Å². The van der Waals surface area contributed by atoms with Gasteiger partial charge in [0.2, 0.25) is 5.91 Å². The van der Waals surface area contributed by atoms with Crippen LogP contribution in [0, 0.1) is 0 Å². The lowest BCUT2D eigenvalue weighted by atomic mass is 9.97.